The Hall–Kier alpha value is -0.860. The van der Waals surface area contributed by atoms with E-state index >= 15 is 0 Å². The normalized spacial score (nSPS) is 23.4. The van der Waals surface area contributed by atoms with Gasteiger partial charge in [0.15, 0.2) is 0 Å². The molecule has 1 saturated heterocycles. The summed E-state index contributed by atoms with van der Waals surface area (Å²) in [6, 6.07) is 5.38. The highest BCUT2D eigenvalue weighted by molar-refractivity contribution is 5.44. The molecule has 2 aliphatic rings. The molecule has 0 saturated carbocycles. The second-order valence-electron chi connectivity index (χ2n) is 6.90. The van der Waals surface area contributed by atoms with Crippen LogP contribution < -0.4 is 5.32 Å². The molecule has 1 N–H and O–H groups in total. The second kappa shape index (κ2) is 4.92. The van der Waals surface area contributed by atoms with E-state index in [9.17, 15) is 0 Å². The molecule has 3 rings (SSSR count). The molecule has 0 amide bonds. The molecule has 1 fully saturated rings. The van der Waals surface area contributed by atoms with Gasteiger partial charge in [0.05, 0.1) is 13.2 Å². The van der Waals surface area contributed by atoms with Crippen LogP contribution in [0.1, 0.15) is 61.9 Å². The average molecular weight is 259 g/mol. The van der Waals surface area contributed by atoms with Crippen molar-refractivity contribution in [1.29, 1.82) is 0 Å². The Labute approximate surface area is 116 Å². The van der Waals surface area contributed by atoms with Crippen molar-refractivity contribution in [3.63, 3.8) is 0 Å². The van der Waals surface area contributed by atoms with Crippen molar-refractivity contribution >= 4 is 0 Å². The Morgan fingerprint density at radius 2 is 2.11 bits per heavy atom. The van der Waals surface area contributed by atoms with E-state index < -0.39 is 0 Å². The van der Waals surface area contributed by atoms with E-state index in [0.717, 1.165) is 26.2 Å². The number of ether oxygens (including phenoxy) is 1. The minimum atomic E-state index is 0.208. The largest absolute Gasteiger partial charge is 0.376 e. The predicted molar refractivity (Wildman–Crippen MR) is 78.5 cm³/mol. The Morgan fingerprint density at radius 1 is 1.26 bits per heavy atom. The van der Waals surface area contributed by atoms with E-state index in [-0.39, 0.29) is 5.41 Å². The van der Waals surface area contributed by atoms with E-state index in [1.165, 1.54) is 24.0 Å². The summed E-state index contributed by atoms with van der Waals surface area (Å²) in [5.41, 5.74) is 6.17. The minimum Gasteiger partial charge on any atom is -0.376 e. The summed E-state index contributed by atoms with van der Waals surface area (Å²) in [4.78, 5) is 0. The molecule has 0 spiro atoms. The summed E-state index contributed by atoms with van der Waals surface area (Å²) in [5, 5.41) is 3.66. The summed E-state index contributed by atoms with van der Waals surface area (Å²) in [6.45, 7) is 9.72. The van der Waals surface area contributed by atoms with Gasteiger partial charge in [-0.05, 0) is 53.5 Å². The first-order chi connectivity index (χ1) is 9.05. The lowest BCUT2D eigenvalue weighted by Gasteiger charge is -2.28. The van der Waals surface area contributed by atoms with Crippen molar-refractivity contribution in [2.24, 2.45) is 0 Å². The maximum atomic E-state index is 5.66. The summed E-state index contributed by atoms with van der Waals surface area (Å²) in [5.74, 6) is 0. The molecule has 0 aromatic heterocycles. The van der Waals surface area contributed by atoms with Gasteiger partial charge in [-0.2, -0.15) is 0 Å². The van der Waals surface area contributed by atoms with Gasteiger partial charge in [0.1, 0.15) is 0 Å². The molecule has 2 aliphatic heterocycles. The molecule has 2 nitrogen and oxygen atoms in total. The number of fused-ring (bicyclic) bond motifs is 1. The number of hydrogen-bond donors (Lipinski definition) is 1. The van der Waals surface area contributed by atoms with Gasteiger partial charge in [-0.15, -0.1) is 0 Å². The lowest BCUT2D eigenvalue weighted by Crippen LogP contribution is -2.22. The molecular weight excluding hydrogens is 234 g/mol. The maximum absolute atomic E-state index is 5.66. The van der Waals surface area contributed by atoms with Gasteiger partial charge < -0.3 is 10.1 Å². The van der Waals surface area contributed by atoms with Gasteiger partial charge in [0.2, 0.25) is 0 Å². The number of nitrogens with one attached hydrogen (secondary N) is 1. The zero-order chi connectivity index (χ0) is 13.5. The molecule has 0 aliphatic carbocycles. The highest BCUT2D eigenvalue weighted by Gasteiger charge is 2.25. The van der Waals surface area contributed by atoms with Crippen LogP contribution in [-0.2, 0) is 23.2 Å². The summed E-state index contributed by atoms with van der Waals surface area (Å²) in [6.07, 6.45) is 3.66. The van der Waals surface area contributed by atoms with E-state index in [0.29, 0.717) is 6.04 Å². The van der Waals surface area contributed by atoms with Gasteiger partial charge >= 0.3 is 0 Å². The molecular formula is C17H25NO. The van der Waals surface area contributed by atoms with Crippen molar-refractivity contribution < 1.29 is 4.74 Å². The van der Waals surface area contributed by atoms with E-state index in [1.54, 1.807) is 11.1 Å². The van der Waals surface area contributed by atoms with Crippen molar-refractivity contribution in [3.05, 3.63) is 34.4 Å². The first-order valence-corrected chi connectivity index (χ1v) is 7.53. The Kier molecular flexibility index (Phi) is 3.40. The molecule has 0 radical (unpaired) electrons. The standard InChI is InChI=1S/C17H25NO/c1-17(2,3)13-9-12-11-19-8-6-14(12)15(10-13)16-5-4-7-18-16/h9-10,16,18H,4-8,11H2,1-3H3. The fourth-order valence-electron chi connectivity index (χ4n) is 3.24. The smallest absolute Gasteiger partial charge is 0.0719 e. The molecule has 2 heteroatoms. The van der Waals surface area contributed by atoms with E-state index in [1.807, 2.05) is 0 Å². The topological polar surface area (TPSA) is 21.3 Å². The minimum absolute atomic E-state index is 0.208. The molecule has 104 valence electrons. The van der Waals surface area contributed by atoms with Crippen LogP contribution in [0.4, 0.5) is 0 Å². The third-order valence-electron chi connectivity index (χ3n) is 4.43. The molecule has 1 atom stereocenters. The van der Waals surface area contributed by atoms with E-state index in [2.05, 4.69) is 38.2 Å². The molecule has 2 heterocycles. The summed E-state index contributed by atoms with van der Waals surface area (Å²) >= 11 is 0. The fraction of sp³-hybridized carbons (Fsp3) is 0.647. The highest BCUT2D eigenvalue weighted by atomic mass is 16.5. The maximum Gasteiger partial charge on any atom is 0.0719 e. The second-order valence-corrected chi connectivity index (χ2v) is 6.90. The van der Waals surface area contributed by atoms with Crippen molar-refractivity contribution in [3.8, 4) is 0 Å². The van der Waals surface area contributed by atoms with Gasteiger partial charge in [0.25, 0.3) is 0 Å². The zero-order valence-corrected chi connectivity index (χ0v) is 12.4. The molecule has 19 heavy (non-hydrogen) atoms. The van der Waals surface area contributed by atoms with Gasteiger partial charge in [0, 0.05) is 6.04 Å². The number of hydrogen-bond acceptors (Lipinski definition) is 2. The third kappa shape index (κ3) is 2.56. The Balaban J connectivity index is 2.08. The SMILES string of the molecule is CC(C)(C)c1cc2c(c(C3CCCN3)c1)CCOC2. The van der Waals surface area contributed by atoms with Crippen LogP contribution in [0, 0.1) is 0 Å². The lowest BCUT2D eigenvalue weighted by molar-refractivity contribution is 0.110. The predicted octanol–water partition coefficient (Wildman–Crippen LogP) is 3.48. The molecule has 1 aromatic rings. The average Bonchev–Trinajstić information content (AvgIpc) is 2.90. The van der Waals surface area contributed by atoms with Gasteiger partial charge in [-0.1, -0.05) is 32.9 Å². The zero-order valence-electron chi connectivity index (χ0n) is 12.4. The highest BCUT2D eigenvalue weighted by Crippen LogP contribution is 2.35. The van der Waals surface area contributed by atoms with Crippen molar-refractivity contribution in [1.82, 2.24) is 5.32 Å². The molecule has 0 bridgehead atoms. The van der Waals surface area contributed by atoms with Crippen LogP contribution in [0.15, 0.2) is 12.1 Å². The van der Waals surface area contributed by atoms with Crippen LogP contribution >= 0.6 is 0 Å². The number of rotatable bonds is 1. The van der Waals surface area contributed by atoms with Crippen molar-refractivity contribution in [2.45, 2.75) is 58.1 Å². The Morgan fingerprint density at radius 3 is 2.79 bits per heavy atom. The quantitative estimate of drug-likeness (QED) is 0.833. The first-order valence-electron chi connectivity index (χ1n) is 7.53. The van der Waals surface area contributed by atoms with E-state index in [4.69, 9.17) is 4.74 Å². The lowest BCUT2D eigenvalue weighted by atomic mass is 9.81. The summed E-state index contributed by atoms with van der Waals surface area (Å²) in [7, 11) is 0. The van der Waals surface area contributed by atoms with Crippen LogP contribution in [0.25, 0.3) is 0 Å². The van der Waals surface area contributed by atoms with Crippen LogP contribution in [0.2, 0.25) is 0 Å². The van der Waals surface area contributed by atoms with Gasteiger partial charge in [-0.25, -0.2) is 0 Å². The molecule has 1 unspecified atom stereocenters. The monoisotopic (exact) mass is 259 g/mol. The first kappa shape index (κ1) is 13.1. The van der Waals surface area contributed by atoms with Gasteiger partial charge in [-0.3, -0.25) is 0 Å². The van der Waals surface area contributed by atoms with Crippen LogP contribution in [0.3, 0.4) is 0 Å². The van der Waals surface area contributed by atoms with Crippen molar-refractivity contribution in [2.75, 3.05) is 13.2 Å². The van der Waals surface area contributed by atoms with Crippen LogP contribution in [0.5, 0.6) is 0 Å². The molecule has 1 aromatic carbocycles. The Bertz CT molecular complexity index is 467. The van der Waals surface area contributed by atoms with Crippen LogP contribution in [-0.4, -0.2) is 13.2 Å². The third-order valence-corrected chi connectivity index (χ3v) is 4.43. The number of benzene rings is 1. The summed E-state index contributed by atoms with van der Waals surface area (Å²) < 4.78 is 5.66. The fourth-order valence-corrected chi connectivity index (χ4v) is 3.24.